The van der Waals surface area contributed by atoms with Crippen LogP contribution in [0.4, 0.5) is 0 Å². The second-order valence-electron chi connectivity index (χ2n) is 9.13. The van der Waals surface area contributed by atoms with Crippen molar-refractivity contribution >= 4 is 11.8 Å². The predicted molar refractivity (Wildman–Crippen MR) is 144 cm³/mol. The number of para-hydroxylation sites is 2. The van der Waals surface area contributed by atoms with E-state index < -0.39 is 0 Å². The maximum atomic E-state index is 12.7. The summed E-state index contributed by atoms with van der Waals surface area (Å²) in [6, 6.07) is 28.9. The van der Waals surface area contributed by atoms with Crippen LogP contribution < -0.4 is 14.8 Å². The van der Waals surface area contributed by atoms with Gasteiger partial charge in [0.2, 0.25) is 5.91 Å². The summed E-state index contributed by atoms with van der Waals surface area (Å²) in [5.41, 5.74) is 2.99. The van der Waals surface area contributed by atoms with Crippen molar-refractivity contribution in [1.29, 1.82) is 0 Å². The summed E-state index contributed by atoms with van der Waals surface area (Å²) in [7, 11) is 0. The van der Waals surface area contributed by atoms with E-state index in [1.807, 2.05) is 84.9 Å². The number of carbonyl (C=O) groups is 2. The molecule has 194 valence electrons. The first-order valence-electron chi connectivity index (χ1n) is 12.7. The predicted octanol–water partition coefficient (Wildman–Crippen LogP) is 4.46. The largest absolute Gasteiger partial charge is 0.486 e. The van der Waals surface area contributed by atoms with Crippen molar-refractivity contribution in [2.24, 2.45) is 0 Å². The zero-order chi connectivity index (χ0) is 26.2. The Kier molecular flexibility index (Phi) is 7.98. The molecule has 1 aliphatic rings. The Morgan fingerprint density at radius 1 is 0.895 bits per heavy atom. The molecule has 5 rings (SSSR count). The van der Waals surface area contributed by atoms with Crippen molar-refractivity contribution < 1.29 is 19.1 Å². The van der Waals surface area contributed by atoms with Gasteiger partial charge < -0.3 is 19.7 Å². The third-order valence-electron chi connectivity index (χ3n) is 6.47. The smallest absolute Gasteiger partial charge is 0.269 e. The number of ether oxygens (including phenoxy) is 2. The first kappa shape index (κ1) is 25.1. The van der Waals surface area contributed by atoms with E-state index >= 15 is 0 Å². The lowest BCUT2D eigenvalue weighted by Gasteiger charge is -2.32. The molecular weight excluding hydrogens is 480 g/mol. The van der Waals surface area contributed by atoms with E-state index in [-0.39, 0.29) is 24.5 Å². The van der Waals surface area contributed by atoms with Gasteiger partial charge in [0.25, 0.3) is 5.91 Å². The Hall–Kier alpha value is -4.59. The average molecular weight is 511 g/mol. The van der Waals surface area contributed by atoms with Crippen molar-refractivity contribution in [3.63, 3.8) is 0 Å². The molecule has 0 radical (unpaired) electrons. The average Bonchev–Trinajstić information content (AvgIpc) is 3.47. The minimum absolute atomic E-state index is 0.0171. The van der Waals surface area contributed by atoms with Crippen LogP contribution in [0.3, 0.4) is 0 Å². The van der Waals surface area contributed by atoms with Gasteiger partial charge in [0.1, 0.15) is 18.4 Å². The molecule has 2 N–H and O–H groups in total. The van der Waals surface area contributed by atoms with Crippen molar-refractivity contribution in [3.8, 4) is 22.8 Å². The summed E-state index contributed by atoms with van der Waals surface area (Å²) in [6.07, 6.45) is 1.39. The lowest BCUT2D eigenvalue weighted by atomic mass is 10.1. The number of hydrogen-bond acceptors (Lipinski definition) is 5. The van der Waals surface area contributed by atoms with Gasteiger partial charge in [-0.05, 0) is 23.8 Å². The summed E-state index contributed by atoms with van der Waals surface area (Å²) in [5, 5.41) is 9.64. The number of hydrogen-bond donors (Lipinski definition) is 2. The Balaban J connectivity index is 1.07. The molecule has 0 aliphatic carbocycles. The minimum atomic E-state index is -0.363. The number of rotatable bonds is 9. The lowest BCUT2D eigenvalue weighted by molar-refractivity contribution is -0.131. The van der Waals surface area contributed by atoms with Crippen LogP contribution in [0.1, 0.15) is 28.9 Å². The molecule has 0 atom stereocenters. The Bertz CT molecular complexity index is 1350. The number of benzene rings is 3. The van der Waals surface area contributed by atoms with Gasteiger partial charge >= 0.3 is 0 Å². The second-order valence-corrected chi connectivity index (χ2v) is 9.13. The number of nitrogens with one attached hydrogen (secondary N) is 2. The number of piperidine rings is 1. The Morgan fingerprint density at radius 3 is 2.29 bits per heavy atom. The molecule has 3 aromatic carbocycles. The third-order valence-corrected chi connectivity index (χ3v) is 6.47. The fourth-order valence-corrected chi connectivity index (χ4v) is 4.36. The highest BCUT2D eigenvalue weighted by Crippen LogP contribution is 2.30. The van der Waals surface area contributed by atoms with E-state index in [1.165, 1.54) is 0 Å². The lowest BCUT2D eigenvalue weighted by Crippen LogP contribution is -2.46. The first-order valence-corrected chi connectivity index (χ1v) is 12.7. The molecule has 8 heteroatoms. The Morgan fingerprint density at radius 2 is 1.55 bits per heavy atom. The molecule has 1 saturated heterocycles. The molecule has 1 aliphatic heterocycles. The van der Waals surface area contributed by atoms with Gasteiger partial charge in [0, 0.05) is 31.5 Å². The summed E-state index contributed by atoms with van der Waals surface area (Å²) in [4.78, 5) is 27.0. The number of likely N-dealkylation sites (tertiary alicyclic amines) is 1. The summed E-state index contributed by atoms with van der Waals surface area (Å²) in [6.45, 7) is 1.52. The van der Waals surface area contributed by atoms with E-state index in [0.717, 1.165) is 11.1 Å². The Labute approximate surface area is 221 Å². The van der Waals surface area contributed by atoms with Crippen LogP contribution in [-0.2, 0) is 11.4 Å². The summed E-state index contributed by atoms with van der Waals surface area (Å²) in [5.74, 6) is 0.922. The van der Waals surface area contributed by atoms with Crippen molar-refractivity contribution in [1.82, 2.24) is 20.4 Å². The number of H-pyrrole nitrogens is 1. The number of carbonyl (C=O) groups excluding carboxylic acids is 2. The number of aromatic nitrogens is 2. The maximum absolute atomic E-state index is 12.7. The number of aromatic amines is 1. The fraction of sp³-hybridized carbons (Fsp3) is 0.233. The minimum Gasteiger partial charge on any atom is -0.486 e. The van der Waals surface area contributed by atoms with Crippen LogP contribution in [0.25, 0.3) is 11.3 Å². The number of nitrogens with zero attached hydrogens (tertiary/aromatic N) is 2. The summed E-state index contributed by atoms with van der Waals surface area (Å²) >= 11 is 0. The summed E-state index contributed by atoms with van der Waals surface area (Å²) < 4.78 is 12.3. The molecule has 2 heterocycles. The molecule has 0 bridgehead atoms. The van der Waals surface area contributed by atoms with Crippen LogP contribution >= 0.6 is 0 Å². The van der Waals surface area contributed by atoms with Crippen molar-refractivity contribution in [2.75, 3.05) is 19.6 Å². The molecule has 1 fully saturated rings. The molecule has 2 amide bonds. The first-order chi connectivity index (χ1) is 18.7. The molecular formula is C30H30N4O4. The van der Waals surface area contributed by atoms with Crippen LogP contribution in [0, 0.1) is 0 Å². The van der Waals surface area contributed by atoms with E-state index in [0.29, 0.717) is 55.4 Å². The molecule has 1 aromatic heterocycles. The van der Waals surface area contributed by atoms with Gasteiger partial charge in [0.05, 0.1) is 12.2 Å². The van der Waals surface area contributed by atoms with Gasteiger partial charge in [-0.1, -0.05) is 72.8 Å². The standard InChI is InChI=1S/C30H30N4O4/c35-29(20-31-30(36)26-19-25(32-33-26)23-11-5-2-6-12-23)34-17-15-24(16-18-34)38-28-14-8-7-13-27(28)37-21-22-9-3-1-4-10-22/h1-14,19,24H,15-18,20-21H2,(H,31,36)(H,32,33). The van der Waals surface area contributed by atoms with Crippen molar-refractivity contribution in [2.45, 2.75) is 25.6 Å². The van der Waals surface area contributed by atoms with E-state index in [9.17, 15) is 9.59 Å². The highest BCUT2D eigenvalue weighted by atomic mass is 16.5. The normalized spacial score (nSPS) is 13.6. The monoisotopic (exact) mass is 510 g/mol. The second kappa shape index (κ2) is 12.1. The quantitative estimate of drug-likeness (QED) is 0.347. The van der Waals surface area contributed by atoms with Crippen LogP contribution in [0.15, 0.2) is 91.0 Å². The van der Waals surface area contributed by atoms with Gasteiger partial charge in [-0.2, -0.15) is 5.10 Å². The number of amides is 2. The van der Waals surface area contributed by atoms with E-state index in [2.05, 4.69) is 15.5 Å². The highest BCUT2D eigenvalue weighted by Gasteiger charge is 2.25. The van der Waals surface area contributed by atoms with Gasteiger partial charge in [0.15, 0.2) is 11.5 Å². The third kappa shape index (κ3) is 6.39. The van der Waals surface area contributed by atoms with Crippen LogP contribution in [-0.4, -0.2) is 52.6 Å². The van der Waals surface area contributed by atoms with Gasteiger partial charge in [-0.15, -0.1) is 0 Å². The molecule has 8 nitrogen and oxygen atoms in total. The van der Waals surface area contributed by atoms with Crippen molar-refractivity contribution in [3.05, 3.63) is 102 Å². The molecule has 0 saturated carbocycles. The molecule has 0 unspecified atom stereocenters. The highest BCUT2D eigenvalue weighted by molar-refractivity contribution is 5.95. The van der Waals surface area contributed by atoms with Gasteiger partial charge in [-0.3, -0.25) is 14.7 Å². The van der Waals surface area contributed by atoms with E-state index in [4.69, 9.17) is 9.47 Å². The fourth-order valence-electron chi connectivity index (χ4n) is 4.36. The topological polar surface area (TPSA) is 96.6 Å². The van der Waals surface area contributed by atoms with E-state index in [1.54, 1.807) is 11.0 Å². The van der Waals surface area contributed by atoms with Crippen LogP contribution in [0.2, 0.25) is 0 Å². The molecule has 4 aromatic rings. The molecule has 38 heavy (non-hydrogen) atoms. The zero-order valence-corrected chi connectivity index (χ0v) is 21.0. The SMILES string of the molecule is O=C(NCC(=O)N1CCC(Oc2ccccc2OCc2ccccc2)CC1)c1cc(-c2ccccc2)n[nH]1. The zero-order valence-electron chi connectivity index (χ0n) is 21.0. The van der Waals surface area contributed by atoms with Crippen LogP contribution in [0.5, 0.6) is 11.5 Å². The van der Waals surface area contributed by atoms with Gasteiger partial charge in [-0.25, -0.2) is 0 Å². The molecule has 0 spiro atoms. The maximum Gasteiger partial charge on any atom is 0.269 e.